The second-order valence-corrected chi connectivity index (χ2v) is 7.02. The molecule has 0 unspecified atom stereocenters. The highest BCUT2D eigenvalue weighted by molar-refractivity contribution is 6.07. The molecule has 0 saturated carbocycles. The van der Waals surface area contributed by atoms with Crippen molar-refractivity contribution < 1.29 is 9.67 Å². The van der Waals surface area contributed by atoms with Crippen LogP contribution >= 0.6 is 0 Å². The molecule has 0 fully saturated rings. The number of hydrogen-bond donors (Lipinski definition) is 1. The third kappa shape index (κ3) is 2.77. The van der Waals surface area contributed by atoms with Gasteiger partial charge in [-0.15, -0.1) is 0 Å². The van der Waals surface area contributed by atoms with Gasteiger partial charge in [-0.2, -0.15) is 4.57 Å². The van der Waals surface area contributed by atoms with Gasteiger partial charge in [0, 0.05) is 39.3 Å². The van der Waals surface area contributed by atoms with Gasteiger partial charge >= 0.3 is 0 Å². The van der Waals surface area contributed by atoms with Gasteiger partial charge in [-0.25, -0.2) is 0 Å². The normalized spacial score (nSPS) is 12.8. The summed E-state index contributed by atoms with van der Waals surface area (Å²) in [4.78, 5) is 0. The van der Waals surface area contributed by atoms with E-state index in [1.54, 1.807) is 0 Å². The summed E-state index contributed by atoms with van der Waals surface area (Å²) in [6, 6.07) is 29.3. The molecule has 0 bridgehead atoms. The van der Waals surface area contributed by atoms with E-state index >= 15 is 0 Å². The van der Waals surface area contributed by atoms with Crippen LogP contribution in [0, 0.1) is 0 Å². The monoisotopic (exact) mass is 353 g/mol. The van der Waals surface area contributed by atoms with Gasteiger partial charge in [0.2, 0.25) is 5.52 Å². The highest BCUT2D eigenvalue weighted by atomic mass is 16.3. The molecule has 3 heteroatoms. The Morgan fingerprint density at radius 3 is 2.07 bits per heavy atom. The Labute approximate surface area is 157 Å². The fourth-order valence-electron chi connectivity index (χ4n) is 4.08. The van der Waals surface area contributed by atoms with Crippen LogP contribution in [0.5, 0.6) is 0 Å². The largest absolute Gasteiger partial charge is 0.385 e. The van der Waals surface area contributed by atoms with E-state index in [0.29, 0.717) is 13.1 Å². The maximum absolute atomic E-state index is 10.9. The molecule has 3 nitrogen and oxygen atoms in total. The minimum absolute atomic E-state index is 0.486. The Morgan fingerprint density at radius 2 is 1.33 bits per heavy atom. The standard InChI is InChI=1S/C24H21N2O/c27-19(16-25-15-7-9-18-8-1-4-12-22(18)25)17-26-23-13-5-2-10-20(23)21-11-3-6-14-24(21)26/h1-15,19,27H,16-17H2/q+1/t19-/m0/s1. The van der Waals surface area contributed by atoms with Crippen LogP contribution in [-0.2, 0) is 13.1 Å². The fraction of sp³-hybridized carbons (Fsp3) is 0.125. The van der Waals surface area contributed by atoms with Crippen molar-refractivity contribution in [2.24, 2.45) is 0 Å². The van der Waals surface area contributed by atoms with Gasteiger partial charge in [0.1, 0.15) is 6.10 Å². The van der Waals surface area contributed by atoms with Crippen molar-refractivity contribution >= 4 is 32.7 Å². The fourth-order valence-corrected chi connectivity index (χ4v) is 4.08. The smallest absolute Gasteiger partial charge is 0.212 e. The number of rotatable bonds is 4. The maximum Gasteiger partial charge on any atom is 0.212 e. The molecule has 0 aliphatic carbocycles. The molecule has 27 heavy (non-hydrogen) atoms. The molecule has 0 spiro atoms. The predicted molar refractivity (Wildman–Crippen MR) is 110 cm³/mol. The molecule has 3 aromatic carbocycles. The number of nitrogens with zero attached hydrogens (tertiary/aromatic N) is 2. The molecular formula is C24H21N2O+. The number of fused-ring (bicyclic) bond motifs is 4. The van der Waals surface area contributed by atoms with E-state index in [9.17, 15) is 5.11 Å². The SMILES string of the molecule is O[C@H](Cn1c2ccccc2c2ccccc21)C[n+]1cccc2ccccc21. The zero-order chi connectivity index (χ0) is 18.2. The lowest BCUT2D eigenvalue weighted by atomic mass is 10.2. The summed E-state index contributed by atoms with van der Waals surface area (Å²) in [5, 5.41) is 14.6. The van der Waals surface area contributed by atoms with Crippen LogP contribution in [0.2, 0.25) is 0 Å². The summed E-state index contributed by atoms with van der Waals surface area (Å²) >= 11 is 0. The lowest BCUT2D eigenvalue weighted by Crippen LogP contribution is -2.41. The van der Waals surface area contributed by atoms with Gasteiger partial charge in [0.15, 0.2) is 12.7 Å². The molecule has 0 saturated heterocycles. The number of benzene rings is 3. The molecular weight excluding hydrogens is 332 g/mol. The first-order chi connectivity index (χ1) is 13.3. The number of aliphatic hydroxyl groups is 1. The quantitative estimate of drug-likeness (QED) is 0.480. The molecule has 2 aromatic heterocycles. The molecule has 0 aliphatic heterocycles. The first-order valence-electron chi connectivity index (χ1n) is 9.32. The number of aromatic nitrogens is 2. The molecule has 132 valence electrons. The average Bonchev–Trinajstić information content (AvgIpc) is 3.02. The molecule has 5 aromatic rings. The predicted octanol–water partition coefficient (Wildman–Crippen LogP) is 4.30. The third-order valence-electron chi connectivity index (χ3n) is 5.27. The van der Waals surface area contributed by atoms with Gasteiger partial charge < -0.3 is 9.67 Å². The second-order valence-electron chi connectivity index (χ2n) is 7.02. The molecule has 2 heterocycles. The van der Waals surface area contributed by atoms with Crippen LogP contribution in [0.1, 0.15) is 0 Å². The molecule has 0 radical (unpaired) electrons. The molecule has 0 amide bonds. The second kappa shape index (κ2) is 6.53. The van der Waals surface area contributed by atoms with Crippen molar-refractivity contribution in [3.05, 3.63) is 91.1 Å². The van der Waals surface area contributed by atoms with E-state index in [-0.39, 0.29) is 0 Å². The van der Waals surface area contributed by atoms with Crippen LogP contribution in [0.25, 0.3) is 32.7 Å². The zero-order valence-corrected chi connectivity index (χ0v) is 15.0. The first-order valence-corrected chi connectivity index (χ1v) is 9.32. The van der Waals surface area contributed by atoms with Crippen molar-refractivity contribution in [1.29, 1.82) is 0 Å². The van der Waals surface area contributed by atoms with E-state index in [1.165, 1.54) is 27.2 Å². The average molecular weight is 353 g/mol. The van der Waals surface area contributed by atoms with Crippen molar-refractivity contribution in [2.45, 2.75) is 19.2 Å². The van der Waals surface area contributed by atoms with Gasteiger partial charge in [-0.1, -0.05) is 48.5 Å². The van der Waals surface area contributed by atoms with E-state index in [0.717, 1.165) is 5.52 Å². The maximum atomic E-state index is 10.9. The summed E-state index contributed by atoms with van der Waals surface area (Å²) in [7, 11) is 0. The van der Waals surface area contributed by atoms with Gasteiger partial charge in [-0.3, -0.25) is 0 Å². The number of para-hydroxylation sites is 3. The van der Waals surface area contributed by atoms with Crippen LogP contribution in [0.4, 0.5) is 0 Å². The molecule has 1 N–H and O–H groups in total. The highest BCUT2D eigenvalue weighted by Crippen LogP contribution is 2.28. The van der Waals surface area contributed by atoms with Gasteiger partial charge in [-0.05, 0) is 24.3 Å². The van der Waals surface area contributed by atoms with Crippen LogP contribution < -0.4 is 4.57 Å². The van der Waals surface area contributed by atoms with E-state index < -0.39 is 6.10 Å². The van der Waals surface area contributed by atoms with Crippen molar-refractivity contribution in [3.63, 3.8) is 0 Å². The minimum Gasteiger partial charge on any atom is -0.385 e. The Balaban J connectivity index is 1.53. The number of aliphatic hydroxyl groups excluding tert-OH is 1. The molecule has 0 aliphatic rings. The first kappa shape index (κ1) is 16.0. The van der Waals surface area contributed by atoms with E-state index in [1.807, 2.05) is 24.4 Å². The van der Waals surface area contributed by atoms with Crippen molar-refractivity contribution in [2.75, 3.05) is 0 Å². The van der Waals surface area contributed by atoms with E-state index in [2.05, 4.69) is 75.9 Å². The summed E-state index contributed by atoms with van der Waals surface area (Å²) < 4.78 is 4.37. The van der Waals surface area contributed by atoms with E-state index in [4.69, 9.17) is 0 Å². The molecule has 1 atom stereocenters. The summed E-state index contributed by atoms with van der Waals surface area (Å²) in [5.41, 5.74) is 3.47. The highest BCUT2D eigenvalue weighted by Gasteiger charge is 2.18. The van der Waals surface area contributed by atoms with Crippen molar-refractivity contribution in [1.82, 2.24) is 4.57 Å². The summed E-state index contributed by atoms with van der Waals surface area (Å²) in [6.45, 7) is 1.12. The topological polar surface area (TPSA) is 29.0 Å². The Kier molecular flexibility index (Phi) is 3.88. The summed E-state index contributed by atoms with van der Waals surface area (Å²) in [5.74, 6) is 0. The Hall–Kier alpha value is -3.17. The van der Waals surface area contributed by atoms with Crippen LogP contribution in [0.15, 0.2) is 91.1 Å². The third-order valence-corrected chi connectivity index (χ3v) is 5.27. The number of pyridine rings is 1. The molecule has 5 rings (SSSR count). The van der Waals surface area contributed by atoms with Crippen LogP contribution in [-0.4, -0.2) is 15.8 Å². The Bertz CT molecular complexity index is 1200. The number of hydrogen-bond acceptors (Lipinski definition) is 1. The van der Waals surface area contributed by atoms with Gasteiger partial charge in [0.05, 0.1) is 6.54 Å². The van der Waals surface area contributed by atoms with Gasteiger partial charge in [0.25, 0.3) is 0 Å². The van der Waals surface area contributed by atoms with Crippen molar-refractivity contribution in [3.8, 4) is 0 Å². The zero-order valence-electron chi connectivity index (χ0n) is 15.0. The lowest BCUT2D eigenvalue weighted by molar-refractivity contribution is -0.678. The summed E-state index contributed by atoms with van der Waals surface area (Å²) in [6.07, 6.45) is 1.55. The lowest BCUT2D eigenvalue weighted by Gasteiger charge is -2.12. The minimum atomic E-state index is -0.486. The Morgan fingerprint density at radius 1 is 0.741 bits per heavy atom. The van der Waals surface area contributed by atoms with Crippen LogP contribution in [0.3, 0.4) is 0 Å².